The molecule has 0 atom stereocenters. The Kier molecular flexibility index (Phi) is 1.98. The number of pyridine rings is 1. The van der Waals surface area contributed by atoms with Crippen LogP contribution in [-0.4, -0.2) is 20.7 Å². The molecule has 2 rings (SSSR count). The molecule has 0 radical (unpaired) electrons. The van der Waals surface area contributed by atoms with E-state index in [0.29, 0.717) is 11.4 Å². The molecule has 0 unspecified atom stereocenters. The van der Waals surface area contributed by atoms with E-state index < -0.39 is 5.91 Å². The standard InChI is InChI=1S/C9H8N4O/c10-8(14)7-3-1-4-11-9(7)13-6-2-5-12-13/h1-6H,(H2,10,14). The highest BCUT2D eigenvalue weighted by Gasteiger charge is 2.09. The molecule has 2 N–H and O–H groups in total. The van der Waals surface area contributed by atoms with Crippen molar-refractivity contribution in [2.75, 3.05) is 0 Å². The molecule has 14 heavy (non-hydrogen) atoms. The van der Waals surface area contributed by atoms with Crippen molar-refractivity contribution >= 4 is 5.91 Å². The highest BCUT2D eigenvalue weighted by Crippen LogP contribution is 2.08. The summed E-state index contributed by atoms with van der Waals surface area (Å²) in [5, 5.41) is 3.98. The molecule has 0 bridgehead atoms. The summed E-state index contributed by atoms with van der Waals surface area (Å²) in [4.78, 5) is 15.1. The van der Waals surface area contributed by atoms with Gasteiger partial charge in [-0.2, -0.15) is 5.10 Å². The molecule has 0 aliphatic rings. The quantitative estimate of drug-likeness (QED) is 0.739. The number of aromatic nitrogens is 3. The van der Waals surface area contributed by atoms with Gasteiger partial charge < -0.3 is 5.73 Å². The molecule has 0 saturated carbocycles. The molecular formula is C9H8N4O. The van der Waals surface area contributed by atoms with Crippen LogP contribution in [0.5, 0.6) is 0 Å². The summed E-state index contributed by atoms with van der Waals surface area (Å²) in [6.45, 7) is 0. The van der Waals surface area contributed by atoms with Gasteiger partial charge in [0.25, 0.3) is 5.91 Å². The Bertz CT molecular complexity index is 450. The van der Waals surface area contributed by atoms with Gasteiger partial charge >= 0.3 is 0 Å². The van der Waals surface area contributed by atoms with E-state index in [1.807, 2.05) is 0 Å². The summed E-state index contributed by atoms with van der Waals surface area (Å²) < 4.78 is 1.50. The number of hydrogen-bond donors (Lipinski definition) is 1. The lowest BCUT2D eigenvalue weighted by Gasteiger charge is -2.03. The minimum atomic E-state index is -0.511. The van der Waals surface area contributed by atoms with Crippen molar-refractivity contribution in [2.24, 2.45) is 5.73 Å². The topological polar surface area (TPSA) is 73.8 Å². The third-order valence-corrected chi connectivity index (χ3v) is 1.77. The van der Waals surface area contributed by atoms with Gasteiger partial charge in [-0.1, -0.05) is 0 Å². The van der Waals surface area contributed by atoms with Crippen LogP contribution in [0.3, 0.4) is 0 Å². The maximum Gasteiger partial charge on any atom is 0.252 e. The van der Waals surface area contributed by atoms with Crippen molar-refractivity contribution < 1.29 is 4.79 Å². The fraction of sp³-hybridized carbons (Fsp3) is 0. The van der Waals surface area contributed by atoms with Gasteiger partial charge in [-0.25, -0.2) is 9.67 Å². The molecule has 2 heterocycles. The Labute approximate surface area is 80.2 Å². The van der Waals surface area contributed by atoms with Crippen molar-refractivity contribution in [3.05, 3.63) is 42.4 Å². The zero-order valence-corrected chi connectivity index (χ0v) is 7.29. The molecule has 0 fully saturated rings. The summed E-state index contributed by atoms with van der Waals surface area (Å²) in [5.41, 5.74) is 5.56. The summed E-state index contributed by atoms with van der Waals surface area (Å²) in [5.74, 6) is -0.0615. The molecule has 0 aliphatic heterocycles. The number of amides is 1. The first kappa shape index (κ1) is 8.43. The number of nitrogens with two attached hydrogens (primary N) is 1. The van der Waals surface area contributed by atoms with Crippen LogP contribution in [-0.2, 0) is 0 Å². The third kappa shape index (κ3) is 1.35. The summed E-state index contributed by atoms with van der Waals surface area (Å²) in [6, 6.07) is 5.03. The van der Waals surface area contributed by atoms with E-state index in [2.05, 4.69) is 10.1 Å². The van der Waals surface area contributed by atoms with Crippen molar-refractivity contribution in [3.63, 3.8) is 0 Å². The zero-order valence-electron chi connectivity index (χ0n) is 7.29. The molecule has 0 saturated heterocycles. The van der Waals surface area contributed by atoms with Crippen LogP contribution in [0.2, 0.25) is 0 Å². The number of carbonyl (C=O) groups is 1. The van der Waals surface area contributed by atoms with E-state index in [-0.39, 0.29) is 0 Å². The predicted octanol–water partition coefficient (Wildman–Crippen LogP) is 0.366. The van der Waals surface area contributed by atoms with E-state index in [1.165, 1.54) is 4.68 Å². The van der Waals surface area contributed by atoms with Crippen LogP contribution in [0.1, 0.15) is 10.4 Å². The Morgan fingerprint density at radius 2 is 2.21 bits per heavy atom. The minimum absolute atomic E-state index is 0.358. The SMILES string of the molecule is NC(=O)c1cccnc1-n1cccn1. The Hall–Kier alpha value is -2.17. The molecule has 0 aromatic carbocycles. The highest BCUT2D eigenvalue weighted by molar-refractivity contribution is 5.95. The van der Waals surface area contributed by atoms with Crippen molar-refractivity contribution in [1.29, 1.82) is 0 Å². The molecule has 1 amide bonds. The lowest BCUT2D eigenvalue weighted by Crippen LogP contribution is -2.15. The van der Waals surface area contributed by atoms with Crippen molar-refractivity contribution in [3.8, 4) is 5.82 Å². The summed E-state index contributed by atoms with van der Waals surface area (Å²) in [6.07, 6.45) is 4.90. The van der Waals surface area contributed by atoms with Gasteiger partial charge in [0.15, 0.2) is 5.82 Å². The lowest BCUT2D eigenvalue weighted by atomic mass is 10.2. The van der Waals surface area contributed by atoms with Gasteiger partial charge in [0, 0.05) is 18.6 Å². The summed E-state index contributed by atoms with van der Waals surface area (Å²) in [7, 11) is 0. The first-order chi connectivity index (χ1) is 6.79. The van der Waals surface area contributed by atoms with E-state index in [9.17, 15) is 4.79 Å². The second kappa shape index (κ2) is 3.29. The van der Waals surface area contributed by atoms with Crippen molar-refractivity contribution in [1.82, 2.24) is 14.8 Å². The second-order valence-electron chi connectivity index (χ2n) is 2.69. The van der Waals surface area contributed by atoms with Gasteiger partial charge in [-0.15, -0.1) is 0 Å². The van der Waals surface area contributed by atoms with Gasteiger partial charge in [-0.05, 0) is 18.2 Å². The minimum Gasteiger partial charge on any atom is -0.365 e. The first-order valence-electron chi connectivity index (χ1n) is 4.04. The predicted molar refractivity (Wildman–Crippen MR) is 49.9 cm³/mol. The average Bonchev–Trinajstić information content (AvgIpc) is 2.70. The van der Waals surface area contributed by atoms with Gasteiger partial charge in [0.2, 0.25) is 0 Å². The lowest BCUT2D eigenvalue weighted by molar-refractivity contribution is 0.1000. The van der Waals surface area contributed by atoms with E-state index >= 15 is 0 Å². The molecule has 70 valence electrons. The van der Waals surface area contributed by atoms with E-state index in [0.717, 1.165) is 0 Å². The number of carbonyl (C=O) groups excluding carboxylic acids is 1. The first-order valence-corrected chi connectivity index (χ1v) is 4.04. The Morgan fingerprint density at radius 3 is 2.86 bits per heavy atom. The van der Waals surface area contributed by atoms with Gasteiger partial charge in [0.1, 0.15) is 0 Å². The smallest absolute Gasteiger partial charge is 0.252 e. The maximum atomic E-state index is 11.1. The molecule has 2 aromatic heterocycles. The van der Waals surface area contributed by atoms with Crippen LogP contribution in [0.15, 0.2) is 36.8 Å². The fourth-order valence-corrected chi connectivity index (χ4v) is 1.17. The number of primary amides is 1. The van der Waals surface area contributed by atoms with E-state index in [4.69, 9.17) is 5.73 Å². The highest BCUT2D eigenvalue weighted by atomic mass is 16.1. The third-order valence-electron chi connectivity index (χ3n) is 1.77. The molecule has 0 spiro atoms. The number of rotatable bonds is 2. The van der Waals surface area contributed by atoms with Gasteiger partial charge in [-0.3, -0.25) is 4.79 Å². The van der Waals surface area contributed by atoms with Crippen molar-refractivity contribution in [2.45, 2.75) is 0 Å². The molecule has 5 heteroatoms. The van der Waals surface area contributed by atoms with Crippen LogP contribution in [0.25, 0.3) is 5.82 Å². The van der Waals surface area contributed by atoms with Crippen LogP contribution in [0.4, 0.5) is 0 Å². The van der Waals surface area contributed by atoms with Crippen LogP contribution in [0, 0.1) is 0 Å². The van der Waals surface area contributed by atoms with Crippen LogP contribution < -0.4 is 5.73 Å². The van der Waals surface area contributed by atoms with Crippen LogP contribution >= 0.6 is 0 Å². The largest absolute Gasteiger partial charge is 0.365 e. The number of hydrogen-bond acceptors (Lipinski definition) is 3. The molecule has 2 aromatic rings. The number of nitrogens with zero attached hydrogens (tertiary/aromatic N) is 3. The zero-order chi connectivity index (χ0) is 9.97. The Morgan fingerprint density at radius 1 is 1.36 bits per heavy atom. The summed E-state index contributed by atoms with van der Waals surface area (Å²) >= 11 is 0. The molecule has 0 aliphatic carbocycles. The van der Waals surface area contributed by atoms with Gasteiger partial charge in [0.05, 0.1) is 5.56 Å². The second-order valence-corrected chi connectivity index (χ2v) is 2.69. The fourth-order valence-electron chi connectivity index (χ4n) is 1.17. The normalized spacial score (nSPS) is 10.0. The average molecular weight is 188 g/mol. The molecule has 5 nitrogen and oxygen atoms in total. The molecular weight excluding hydrogens is 180 g/mol. The maximum absolute atomic E-state index is 11.1. The van der Waals surface area contributed by atoms with E-state index in [1.54, 1.807) is 36.8 Å². The monoisotopic (exact) mass is 188 g/mol. The Balaban J connectivity index is 2.58.